The van der Waals surface area contributed by atoms with E-state index in [4.69, 9.17) is 24.0 Å². The van der Waals surface area contributed by atoms with E-state index in [0.29, 0.717) is 29.2 Å². The Balaban J connectivity index is 1.63. The van der Waals surface area contributed by atoms with E-state index in [1.807, 2.05) is 47.5 Å². The number of hydrogen-bond acceptors (Lipinski definition) is 7. The molecule has 3 aromatic rings. The van der Waals surface area contributed by atoms with Crippen molar-refractivity contribution < 1.29 is 24.1 Å². The van der Waals surface area contributed by atoms with Gasteiger partial charge in [0.2, 0.25) is 6.23 Å². The highest BCUT2D eigenvalue weighted by molar-refractivity contribution is 6.04. The van der Waals surface area contributed by atoms with Gasteiger partial charge in [-0.15, -0.1) is 0 Å². The molecule has 3 aromatic carbocycles. The summed E-state index contributed by atoms with van der Waals surface area (Å²) in [4.78, 5) is 0. The van der Waals surface area contributed by atoms with Crippen LogP contribution >= 0.6 is 0 Å². The number of rotatable bonds is 5. The summed E-state index contributed by atoms with van der Waals surface area (Å²) >= 11 is 0. The lowest BCUT2D eigenvalue weighted by atomic mass is 9.95. The van der Waals surface area contributed by atoms with Gasteiger partial charge in [0, 0.05) is 23.1 Å². The van der Waals surface area contributed by atoms with Crippen LogP contribution in [0.4, 0.5) is 0 Å². The average Bonchev–Trinajstić information content (AvgIpc) is 3.29. The van der Waals surface area contributed by atoms with E-state index in [1.54, 1.807) is 39.5 Å². The molecule has 2 heterocycles. The molecule has 0 aromatic heterocycles. The lowest BCUT2D eigenvalue weighted by Gasteiger charge is -2.38. The second-order valence-corrected chi connectivity index (χ2v) is 7.66. The number of fused-ring (bicyclic) bond motifs is 3. The minimum atomic E-state index is -0.482. The molecule has 0 fully saturated rings. The lowest BCUT2D eigenvalue weighted by molar-refractivity contribution is -0.0210. The van der Waals surface area contributed by atoms with E-state index in [0.717, 1.165) is 22.6 Å². The van der Waals surface area contributed by atoms with Crippen LogP contribution in [0.1, 0.15) is 35.4 Å². The Morgan fingerprint density at radius 1 is 0.938 bits per heavy atom. The summed E-state index contributed by atoms with van der Waals surface area (Å²) in [6.45, 7) is 0. The number of hydrogen-bond donors (Lipinski definition) is 1. The maximum Gasteiger partial charge on any atom is 0.214 e. The molecule has 7 nitrogen and oxygen atoms in total. The summed E-state index contributed by atoms with van der Waals surface area (Å²) in [7, 11) is 4.88. The Morgan fingerprint density at radius 3 is 2.50 bits per heavy atom. The smallest absolute Gasteiger partial charge is 0.214 e. The van der Waals surface area contributed by atoms with Crippen molar-refractivity contribution in [3.8, 4) is 28.7 Å². The van der Waals surface area contributed by atoms with Crippen LogP contribution in [-0.4, -0.2) is 37.2 Å². The average molecular weight is 432 g/mol. The van der Waals surface area contributed by atoms with Crippen molar-refractivity contribution in [2.45, 2.75) is 18.7 Å². The predicted octanol–water partition coefficient (Wildman–Crippen LogP) is 4.66. The molecule has 1 N–H and O–H groups in total. The molecule has 0 saturated carbocycles. The maximum atomic E-state index is 10.5. The van der Waals surface area contributed by atoms with Gasteiger partial charge in [-0.2, -0.15) is 5.10 Å². The molecule has 2 aliphatic heterocycles. The molecule has 2 atom stereocenters. The lowest BCUT2D eigenvalue weighted by Crippen LogP contribution is -2.33. The normalized spacial score (nSPS) is 18.8. The van der Waals surface area contributed by atoms with Crippen molar-refractivity contribution in [1.29, 1.82) is 0 Å². The molecule has 5 rings (SSSR count). The molecule has 164 valence electrons. The highest BCUT2D eigenvalue weighted by Crippen LogP contribution is 2.51. The van der Waals surface area contributed by atoms with Crippen molar-refractivity contribution in [2.24, 2.45) is 5.10 Å². The first kappa shape index (κ1) is 20.1. The molecule has 0 bridgehead atoms. The summed E-state index contributed by atoms with van der Waals surface area (Å²) in [5.74, 6) is 2.94. The minimum absolute atomic E-state index is 0.0781. The Bertz CT molecular complexity index is 1190. The maximum absolute atomic E-state index is 10.5. The third-order valence-electron chi connectivity index (χ3n) is 5.89. The zero-order chi connectivity index (χ0) is 22.2. The van der Waals surface area contributed by atoms with E-state index in [-0.39, 0.29) is 11.8 Å². The SMILES string of the molecule is COc1cccc(C2Oc3c(OC)cccc3C3CC(c4cc(OC)ccc4O)=NN32)c1. The second-order valence-electron chi connectivity index (χ2n) is 7.66. The van der Waals surface area contributed by atoms with Gasteiger partial charge in [-0.25, -0.2) is 5.01 Å². The van der Waals surface area contributed by atoms with Crippen molar-refractivity contribution in [3.63, 3.8) is 0 Å². The molecule has 7 heteroatoms. The molecule has 0 aliphatic carbocycles. The van der Waals surface area contributed by atoms with Crippen LogP contribution < -0.4 is 18.9 Å². The first-order valence-corrected chi connectivity index (χ1v) is 10.3. The zero-order valence-corrected chi connectivity index (χ0v) is 18.1. The number of para-hydroxylation sites is 1. The van der Waals surface area contributed by atoms with E-state index in [2.05, 4.69) is 0 Å². The van der Waals surface area contributed by atoms with Crippen LogP contribution in [0.25, 0.3) is 0 Å². The molecule has 32 heavy (non-hydrogen) atoms. The third-order valence-corrected chi connectivity index (χ3v) is 5.89. The molecule has 0 spiro atoms. The Morgan fingerprint density at radius 2 is 1.72 bits per heavy atom. The predicted molar refractivity (Wildman–Crippen MR) is 120 cm³/mol. The number of hydrazone groups is 1. The Hall–Kier alpha value is -3.87. The fourth-order valence-corrected chi connectivity index (χ4v) is 4.30. The van der Waals surface area contributed by atoms with Crippen LogP contribution in [-0.2, 0) is 0 Å². The largest absolute Gasteiger partial charge is 0.507 e. The van der Waals surface area contributed by atoms with E-state index in [9.17, 15) is 5.11 Å². The van der Waals surface area contributed by atoms with Crippen LogP contribution in [0.2, 0.25) is 0 Å². The summed E-state index contributed by atoms with van der Waals surface area (Å²) < 4.78 is 22.8. The topological polar surface area (TPSA) is 72.8 Å². The second kappa shape index (κ2) is 8.00. The molecule has 0 amide bonds. The summed E-state index contributed by atoms with van der Waals surface area (Å²) in [6, 6.07) is 18.7. The van der Waals surface area contributed by atoms with Crippen molar-refractivity contribution >= 4 is 5.71 Å². The highest BCUT2D eigenvalue weighted by Gasteiger charge is 2.42. The Kier molecular flexibility index (Phi) is 5.01. The monoisotopic (exact) mass is 432 g/mol. The van der Waals surface area contributed by atoms with Gasteiger partial charge >= 0.3 is 0 Å². The fourth-order valence-electron chi connectivity index (χ4n) is 4.30. The van der Waals surface area contributed by atoms with Gasteiger partial charge in [0.15, 0.2) is 11.5 Å². The highest BCUT2D eigenvalue weighted by atomic mass is 16.5. The van der Waals surface area contributed by atoms with Gasteiger partial charge in [-0.1, -0.05) is 24.3 Å². The van der Waals surface area contributed by atoms with Crippen LogP contribution in [0.5, 0.6) is 28.7 Å². The molecular weight excluding hydrogens is 408 g/mol. The standard InChI is InChI=1S/C25H24N2O5/c1-29-16-7-4-6-15(12-16)25-27-21(18-8-5-9-23(31-3)24(18)32-25)14-20(26-27)19-13-17(30-2)10-11-22(19)28/h4-13,21,25,28H,14H2,1-3H3. The summed E-state index contributed by atoms with van der Waals surface area (Å²) in [5, 5.41) is 17.4. The van der Waals surface area contributed by atoms with E-state index in [1.165, 1.54) is 0 Å². The van der Waals surface area contributed by atoms with Crippen LogP contribution in [0.15, 0.2) is 65.8 Å². The van der Waals surface area contributed by atoms with Crippen LogP contribution in [0.3, 0.4) is 0 Å². The molecule has 2 aliphatic rings. The summed E-state index contributed by atoms with van der Waals surface area (Å²) in [5.41, 5.74) is 3.31. The van der Waals surface area contributed by atoms with Gasteiger partial charge in [-0.3, -0.25) is 0 Å². The van der Waals surface area contributed by atoms with Crippen molar-refractivity contribution in [1.82, 2.24) is 5.01 Å². The van der Waals surface area contributed by atoms with Crippen molar-refractivity contribution in [3.05, 3.63) is 77.4 Å². The molecule has 0 radical (unpaired) electrons. The molecular formula is C25H24N2O5. The number of phenolic OH excluding ortho intramolecular Hbond substituents is 1. The number of ether oxygens (including phenoxy) is 4. The number of benzene rings is 3. The van der Waals surface area contributed by atoms with Gasteiger partial charge < -0.3 is 24.1 Å². The van der Waals surface area contributed by atoms with Crippen LogP contribution in [0, 0.1) is 0 Å². The quantitative estimate of drug-likeness (QED) is 0.632. The molecule has 2 unspecified atom stereocenters. The van der Waals surface area contributed by atoms with E-state index >= 15 is 0 Å². The van der Waals surface area contributed by atoms with Gasteiger partial charge in [0.05, 0.1) is 33.1 Å². The van der Waals surface area contributed by atoms with Crippen molar-refractivity contribution in [2.75, 3.05) is 21.3 Å². The fraction of sp³-hybridized carbons (Fsp3) is 0.240. The first-order valence-electron chi connectivity index (χ1n) is 10.3. The first-order chi connectivity index (χ1) is 15.6. The Labute approximate surface area is 186 Å². The van der Waals surface area contributed by atoms with E-state index < -0.39 is 6.23 Å². The van der Waals surface area contributed by atoms with Gasteiger partial charge in [-0.05, 0) is 36.4 Å². The number of aromatic hydroxyl groups is 1. The number of phenols is 1. The minimum Gasteiger partial charge on any atom is -0.507 e. The van der Waals surface area contributed by atoms with Gasteiger partial charge in [0.25, 0.3) is 0 Å². The number of nitrogens with zero attached hydrogens (tertiary/aromatic N) is 2. The third kappa shape index (κ3) is 3.26. The summed E-state index contributed by atoms with van der Waals surface area (Å²) in [6.07, 6.45) is 0.120. The zero-order valence-electron chi connectivity index (χ0n) is 18.1. The van der Waals surface area contributed by atoms with Gasteiger partial charge in [0.1, 0.15) is 17.2 Å². The number of methoxy groups -OCH3 is 3. The molecule has 0 saturated heterocycles.